The Hall–Kier alpha value is -0.850. The summed E-state index contributed by atoms with van der Waals surface area (Å²) in [5.74, 6) is 1.66. The van der Waals surface area contributed by atoms with Crippen molar-refractivity contribution in [3.05, 3.63) is 17.1 Å². The van der Waals surface area contributed by atoms with Gasteiger partial charge in [-0.1, -0.05) is 6.92 Å². The van der Waals surface area contributed by atoms with E-state index in [2.05, 4.69) is 17.0 Å². The highest BCUT2D eigenvalue weighted by molar-refractivity contribution is 7.89. The van der Waals surface area contributed by atoms with Crippen molar-refractivity contribution < 1.29 is 12.8 Å². The van der Waals surface area contributed by atoms with Crippen molar-refractivity contribution in [2.45, 2.75) is 51.5 Å². The smallest absolute Gasteiger partial charge is 0.244 e. The zero-order valence-electron chi connectivity index (χ0n) is 12.5. The lowest BCUT2D eigenvalue weighted by Crippen LogP contribution is -2.27. The maximum atomic E-state index is 12.5. The molecule has 1 aromatic rings. The molecule has 0 spiro atoms. The lowest BCUT2D eigenvalue weighted by Gasteiger charge is -2.09. The van der Waals surface area contributed by atoms with Crippen molar-refractivity contribution in [3.8, 4) is 0 Å². The first-order chi connectivity index (χ1) is 9.45. The van der Waals surface area contributed by atoms with E-state index in [4.69, 9.17) is 4.42 Å². The summed E-state index contributed by atoms with van der Waals surface area (Å²) in [6, 6.07) is 0. The maximum absolute atomic E-state index is 12.5. The van der Waals surface area contributed by atoms with Gasteiger partial charge in [0.2, 0.25) is 10.0 Å². The summed E-state index contributed by atoms with van der Waals surface area (Å²) in [4.78, 5) is 0.319. The number of sulfonamides is 1. The molecule has 114 valence electrons. The van der Waals surface area contributed by atoms with Gasteiger partial charge in [-0.05, 0) is 45.6 Å². The van der Waals surface area contributed by atoms with E-state index in [1.54, 1.807) is 6.92 Å². The molecule has 2 N–H and O–H groups in total. The molecule has 0 bridgehead atoms. The first-order valence-electron chi connectivity index (χ1n) is 7.25. The third-order valence-corrected chi connectivity index (χ3v) is 5.20. The van der Waals surface area contributed by atoms with E-state index in [0.717, 1.165) is 31.4 Å². The lowest BCUT2D eigenvalue weighted by atomic mass is 10.2. The summed E-state index contributed by atoms with van der Waals surface area (Å²) in [5, 5.41) is 3.24. The highest BCUT2D eigenvalue weighted by atomic mass is 32.2. The number of rotatable bonds is 8. The molecule has 0 unspecified atom stereocenters. The SMILES string of the molecule is CCCNCc1c(C)oc(C)c1S(=O)(=O)NCC1CC1. The average molecular weight is 300 g/mol. The van der Waals surface area contributed by atoms with Gasteiger partial charge < -0.3 is 9.73 Å². The molecule has 2 rings (SSSR count). The molecule has 0 aliphatic heterocycles. The Balaban J connectivity index is 2.19. The molecule has 0 atom stereocenters. The molecule has 1 fully saturated rings. The molecule has 20 heavy (non-hydrogen) atoms. The van der Waals surface area contributed by atoms with E-state index in [0.29, 0.717) is 35.4 Å². The van der Waals surface area contributed by atoms with Crippen molar-refractivity contribution in [1.29, 1.82) is 0 Å². The topological polar surface area (TPSA) is 71.3 Å². The number of furan rings is 1. The average Bonchev–Trinajstić information content (AvgIpc) is 3.14. The van der Waals surface area contributed by atoms with E-state index in [1.807, 2.05) is 6.92 Å². The molecule has 5 nitrogen and oxygen atoms in total. The Bertz CT molecular complexity index is 559. The Morgan fingerprint density at radius 3 is 2.55 bits per heavy atom. The minimum Gasteiger partial charge on any atom is -0.465 e. The summed E-state index contributed by atoms with van der Waals surface area (Å²) in [6.07, 6.45) is 3.26. The van der Waals surface area contributed by atoms with Crippen molar-refractivity contribution in [3.63, 3.8) is 0 Å². The van der Waals surface area contributed by atoms with Crippen LogP contribution >= 0.6 is 0 Å². The second-order valence-electron chi connectivity index (χ2n) is 5.49. The number of hydrogen-bond acceptors (Lipinski definition) is 4. The minimum absolute atomic E-state index is 0.319. The van der Waals surface area contributed by atoms with Crippen LogP contribution in [0.15, 0.2) is 9.31 Å². The summed E-state index contributed by atoms with van der Waals surface area (Å²) in [6.45, 7) is 7.52. The third-order valence-electron chi connectivity index (χ3n) is 3.58. The fourth-order valence-electron chi connectivity index (χ4n) is 2.28. The number of hydrogen-bond donors (Lipinski definition) is 2. The minimum atomic E-state index is -3.48. The van der Waals surface area contributed by atoms with Crippen LogP contribution in [0.4, 0.5) is 0 Å². The van der Waals surface area contributed by atoms with Gasteiger partial charge in [-0.25, -0.2) is 13.1 Å². The largest absolute Gasteiger partial charge is 0.465 e. The maximum Gasteiger partial charge on any atom is 0.244 e. The van der Waals surface area contributed by atoms with Crippen LogP contribution in [0.2, 0.25) is 0 Å². The second kappa shape index (κ2) is 6.28. The molecule has 6 heteroatoms. The third kappa shape index (κ3) is 3.62. The molecule has 0 aromatic carbocycles. The molecule has 0 radical (unpaired) electrons. The quantitative estimate of drug-likeness (QED) is 0.721. The molecular formula is C14H24N2O3S. The van der Waals surface area contributed by atoms with Crippen LogP contribution in [-0.2, 0) is 16.6 Å². The van der Waals surface area contributed by atoms with Gasteiger partial charge in [-0.3, -0.25) is 0 Å². The molecule has 1 aliphatic carbocycles. The van der Waals surface area contributed by atoms with Gasteiger partial charge in [0.15, 0.2) is 0 Å². The van der Waals surface area contributed by atoms with Crippen molar-refractivity contribution in [2.75, 3.05) is 13.1 Å². The molecule has 1 heterocycles. The van der Waals surface area contributed by atoms with Crippen LogP contribution in [0.25, 0.3) is 0 Å². The van der Waals surface area contributed by atoms with Crippen LogP contribution in [-0.4, -0.2) is 21.5 Å². The van der Waals surface area contributed by atoms with Crippen molar-refractivity contribution >= 4 is 10.0 Å². The van der Waals surface area contributed by atoms with Gasteiger partial charge in [-0.15, -0.1) is 0 Å². The lowest BCUT2D eigenvalue weighted by molar-refractivity contribution is 0.492. The Kier molecular flexibility index (Phi) is 4.88. The second-order valence-corrected chi connectivity index (χ2v) is 7.20. The van der Waals surface area contributed by atoms with Gasteiger partial charge in [-0.2, -0.15) is 0 Å². The van der Waals surface area contributed by atoms with Gasteiger partial charge in [0.25, 0.3) is 0 Å². The standard InChI is InChI=1S/C14H24N2O3S/c1-4-7-15-9-13-10(2)19-11(3)14(13)20(17,18)16-8-12-5-6-12/h12,15-16H,4-9H2,1-3H3. The summed E-state index contributed by atoms with van der Waals surface area (Å²) >= 11 is 0. The predicted molar refractivity (Wildman–Crippen MR) is 78.1 cm³/mol. The van der Waals surface area contributed by atoms with Crippen LogP contribution in [0.3, 0.4) is 0 Å². The van der Waals surface area contributed by atoms with Crippen molar-refractivity contribution in [2.24, 2.45) is 5.92 Å². The first kappa shape index (κ1) is 15.5. The predicted octanol–water partition coefficient (Wildman–Crippen LogP) is 2.08. The van der Waals surface area contributed by atoms with E-state index >= 15 is 0 Å². The molecule has 1 aromatic heterocycles. The Morgan fingerprint density at radius 2 is 1.95 bits per heavy atom. The molecule has 1 aliphatic rings. The fraction of sp³-hybridized carbons (Fsp3) is 0.714. The van der Waals surface area contributed by atoms with E-state index < -0.39 is 10.0 Å². The molecule has 0 saturated heterocycles. The summed E-state index contributed by atoms with van der Waals surface area (Å²) < 4.78 is 33.1. The van der Waals surface area contributed by atoms with E-state index in [9.17, 15) is 8.42 Å². The summed E-state index contributed by atoms with van der Waals surface area (Å²) in [5.41, 5.74) is 0.749. The number of nitrogens with one attached hydrogen (secondary N) is 2. The van der Waals surface area contributed by atoms with Crippen LogP contribution in [0, 0.1) is 19.8 Å². The van der Waals surface area contributed by atoms with Gasteiger partial charge >= 0.3 is 0 Å². The van der Waals surface area contributed by atoms with E-state index in [-0.39, 0.29) is 0 Å². The van der Waals surface area contributed by atoms with Crippen LogP contribution in [0.5, 0.6) is 0 Å². The Morgan fingerprint density at radius 1 is 1.25 bits per heavy atom. The number of aryl methyl sites for hydroxylation is 2. The molecular weight excluding hydrogens is 276 g/mol. The van der Waals surface area contributed by atoms with Crippen LogP contribution in [0.1, 0.15) is 43.3 Å². The van der Waals surface area contributed by atoms with Crippen LogP contribution < -0.4 is 10.0 Å². The highest BCUT2D eigenvalue weighted by Gasteiger charge is 2.29. The highest BCUT2D eigenvalue weighted by Crippen LogP contribution is 2.30. The van der Waals surface area contributed by atoms with Gasteiger partial charge in [0.05, 0.1) is 0 Å². The van der Waals surface area contributed by atoms with Gasteiger partial charge in [0.1, 0.15) is 16.4 Å². The Labute approximate surface area is 121 Å². The van der Waals surface area contributed by atoms with E-state index in [1.165, 1.54) is 0 Å². The normalized spacial score (nSPS) is 15.8. The monoisotopic (exact) mass is 300 g/mol. The summed E-state index contributed by atoms with van der Waals surface area (Å²) in [7, 11) is -3.48. The molecule has 1 saturated carbocycles. The van der Waals surface area contributed by atoms with Crippen molar-refractivity contribution in [1.82, 2.24) is 10.0 Å². The zero-order valence-corrected chi connectivity index (χ0v) is 13.3. The first-order valence-corrected chi connectivity index (χ1v) is 8.73. The van der Waals surface area contributed by atoms with Gasteiger partial charge in [0, 0.05) is 18.7 Å². The fourth-order valence-corrected chi connectivity index (χ4v) is 3.84. The zero-order chi connectivity index (χ0) is 14.8. The molecule has 0 amide bonds.